The summed E-state index contributed by atoms with van der Waals surface area (Å²) in [5.41, 5.74) is 4.48. The van der Waals surface area contributed by atoms with Gasteiger partial charge in [0.1, 0.15) is 0 Å². The zero-order valence-corrected chi connectivity index (χ0v) is 16.0. The molecule has 136 valence electrons. The lowest BCUT2D eigenvalue weighted by Gasteiger charge is -2.36. The predicted octanol–water partition coefficient (Wildman–Crippen LogP) is 5.71. The number of hydrogen-bond donors (Lipinski definition) is 1. The molecule has 0 bridgehead atoms. The zero-order chi connectivity index (χ0) is 18.8. The van der Waals surface area contributed by atoms with Crippen molar-refractivity contribution in [2.24, 2.45) is 5.41 Å². The lowest BCUT2D eigenvalue weighted by atomic mass is 9.71. The Balaban J connectivity index is 0.00000261. The van der Waals surface area contributed by atoms with Crippen molar-refractivity contribution < 1.29 is 6.22 Å². The summed E-state index contributed by atoms with van der Waals surface area (Å²) in [7, 11) is 0. The topological polar surface area (TPSA) is 29.1 Å². The van der Waals surface area contributed by atoms with Crippen LogP contribution in [-0.2, 0) is 10.2 Å². The fraction of sp³-hybridized carbons (Fsp3) is 0.292. The van der Waals surface area contributed by atoms with Crippen LogP contribution < -0.4 is 5.32 Å². The van der Waals surface area contributed by atoms with Crippen molar-refractivity contribution in [2.45, 2.75) is 39.5 Å². The normalized spacial score (nSPS) is 22.0. The molecular formula is C24H29NO. The minimum absolute atomic E-state index is 0. The molecule has 1 N–H and O–H groups in total. The number of amides is 1. The van der Waals surface area contributed by atoms with Gasteiger partial charge in [-0.2, -0.15) is 0 Å². The average Bonchev–Trinajstić information content (AvgIpc) is 2.60. The van der Waals surface area contributed by atoms with E-state index in [1.165, 1.54) is 11.1 Å². The third-order valence-corrected chi connectivity index (χ3v) is 5.17. The molecule has 0 aromatic heterocycles. The van der Waals surface area contributed by atoms with E-state index in [0.717, 1.165) is 17.7 Å². The summed E-state index contributed by atoms with van der Waals surface area (Å²) in [6.07, 6.45) is 16.8. The van der Waals surface area contributed by atoms with Crippen LogP contribution in [0.5, 0.6) is 0 Å². The van der Waals surface area contributed by atoms with Gasteiger partial charge in [-0.05, 0) is 47.6 Å². The van der Waals surface area contributed by atoms with Crippen molar-refractivity contribution >= 4 is 12.0 Å². The number of hydrogen-bond acceptors (Lipinski definition) is 1. The Kier molecular flexibility index (Phi) is 4.86. The largest absolute Gasteiger partial charge is 0.325 e. The van der Waals surface area contributed by atoms with Crippen LogP contribution in [0.15, 0.2) is 78.1 Å². The molecule has 1 unspecified atom stereocenters. The Morgan fingerprint density at radius 3 is 2.58 bits per heavy atom. The maximum absolute atomic E-state index is 12.4. The highest BCUT2D eigenvalue weighted by molar-refractivity contribution is 5.93. The first kappa shape index (κ1) is 18.2. The number of carbonyl (C=O) groups is 1. The Morgan fingerprint density at radius 1 is 1.15 bits per heavy atom. The van der Waals surface area contributed by atoms with Crippen LogP contribution in [-0.4, -0.2) is 5.91 Å². The lowest BCUT2D eigenvalue weighted by Crippen LogP contribution is -2.35. The fourth-order valence-electron chi connectivity index (χ4n) is 3.33. The molecule has 2 nitrogen and oxygen atoms in total. The Labute approximate surface area is 158 Å². The van der Waals surface area contributed by atoms with Gasteiger partial charge < -0.3 is 5.32 Å². The van der Waals surface area contributed by atoms with Crippen LogP contribution in [0.1, 0.15) is 46.7 Å². The van der Waals surface area contributed by atoms with Crippen LogP contribution in [0.2, 0.25) is 0 Å². The van der Waals surface area contributed by atoms with E-state index in [0.29, 0.717) is 0 Å². The second-order valence-electron chi connectivity index (χ2n) is 8.22. The lowest BCUT2D eigenvalue weighted by molar-refractivity contribution is -0.116. The van der Waals surface area contributed by atoms with E-state index in [2.05, 4.69) is 81.6 Å². The minimum Gasteiger partial charge on any atom is -0.325 e. The van der Waals surface area contributed by atoms with Crippen LogP contribution in [0.4, 0.5) is 0 Å². The molecule has 1 aromatic carbocycles. The zero-order valence-electron chi connectivity index (χ0n) is 16.0. The molecule has 0 saturated heterocycles. The van der Waals surface area contributed by atoms with Crippen molar-refractivity contribution in [3.8, 4) is 0 Å². The molecule has 0 saturated carbocycles. The summed E-state index contributed by atoms with van der Waals surface area (Å²) in [6.45, 7) is 8.76. The van der Waals surface area contributed by atoms with Crippen LogP contribution >= 0.6 is 0 Å². The molecule has 2 heteroatoms. The van der Waals surface area contributed by atoms with E-state index in [9.17, 15) is 4.79 Å². The van der Waals surface area contributed by atoms with E-state index in [4.69, 9.17) is 0 Å². The summed E-state index contributed by atoms with van der Waals surface area (Å²) in [6, 6.07) is 8.36. The number of carbonyl (C=O) groups excluding carboxylic acids is 1. The van der Waals surface area contributed by atoms with E-state index in [-0.39, 0.29) is 18.2 Å². The Bertz CT molecular complexity index is 847. The van der Waals surface area contributed by atoms with Crippen LogP contribution in [0, 0.1) is 5.41 Å². The Morgan fingerprint density at radius 2 is 1.88 bits per heavy atom. The van der Waals surface area contributed by atoms with E-state index in [1.54, 1.807) is 6.08 Å². The van der Waals surface area contributed by atoms with E-state index < -0.39 is 0 Å². The molecule has 3 rings (SSSR count). The van der Waals surface area contributed by atoms with Gasteiger partial charge in [0.2, 0.25) is 5.91 Å². The van der Waals surface area contributed by atoms with Crippen LogP contribution in [0.3, 0.4) is 0 Å². The van der Waals surface area contributed by atoms with Crippen molar-refractivity contribution in [2.75, 3.05) is 0 Å². The molecule has 0 aliphatic heterocycles. The average molecular weight is 348 g/mol. The molecule has 0 spiro atoms. The van der Waals surface area contributed by atoms with Crippen molar-refractivity contribution in [1.29, 1.82) is 0 Å². The summed E-state index contributed by atoms with van der Waals surface area (Å²) >= 11 is 0. The maximum Gasteiger partial charge on any atom is 0.248 e. The molecular weight excluding hydrogens is 318 g/mol. The maximum atomic E-state index is 12.4. The van der Waals surface area contributed by atoms with Gasteiger partial charge >= 0.3 is 0 Å². The monoisotopic (exact) mass is 347 g/mol. The van der Waals surface area contributed by atoms with E-state index >= 15 is 0 Å². The molecule has 0 heterocycles. The smallest absolute Gasteiger partial charge is 0.248 e. The quantitative estimate of drug-likeness (QED) is 0.698. The first-order valence-corrected chi connectivity index (χ1v) is 9.15. The number of rotatable bonds is 3. The third kappa shape index (κ3) is 3.80. The van der Waals surface area contributed by atoms with Gasteiger partial charge in [-0.3, -0.25) is 4.79 Å². The number of benzene rings is 1. The minimum atomic E-state index is -0.151. The van der Waals surface area contributed by atoms with Gasteiger partial charge in [-0.1, -0.05) is 75.4 Å². The molecule has 2 aliphatic carbocycles. The summed E-state index contributed by atoms with van der Waals surface area (Å²) < 4.78 is 0. The highest BCUT2D eigenvalue weighted by Crippen LogP contribution is 2.42. The second-order valence-corrected chi connectivity index (χ2v) is 8.22. The van der Waals surface area contributed by atoms with Gasteiger partial charge in [-0.25, -0.2) is 0 Å². The van der Waals surface area contributed by atoms with Gasteiger partial charge in [0.25, 0.3) is 0 Å². The second kappa shape index (κ2) is 6.95. The van der Waals surface area contributed by atoms with E-state index in [1.807, 2.05) is 18.2 Å². The summed E-state index contributed by atoms with van der Waals surface area (Å²) in [5.74, 6) is -0.0958. The van der Waals surface area contributed by atoms with Crippen molar-refractivity contribution in [3.63, 3.8) is 0 Å². The van der Waals surface area contributed by atoms with Crippen molar-refractivity contribution in [1.82, 2.24) is 5.32 Å². The molecule has 0 radical (unpaired) electrons. The number of fused-ring (bicyclic) bond motifs is 1. The third-order valence-electron chi connectivity index (χ3n) is 5.17. The SMILES string of the molecule is CC12CC=CC=C1C=CC=C2NC(=O)/C=C/c1ccc(C(C)(C)C)cc1.[HH]. The number of allylic oxidation sites excluding steroid dienone is 7. The predicted molar refractivity (Wildman–Crippen MR) is 112 cm³/mol. The molecule has 0 fully saturated rings. The standard InChI is InChI=1S/C24H27NO.H2/c1-23(2,3)19-14-11-18(12-15-19)13-16-22(26)25-21-10-7-9-20-8-5-6-17-24(20,21)4;/h5-16H,17H2,1-4H3,(H,25,26);1H/b16-13+;. The molecule has 1 aromatic rings. The van der Waals surface area contributed by atoms with Gasteiger partial charge in [0, 0.05) is 18.6 Å². The number of nitrogens with one attached hydrogen (secondary N) is 1. The molecule has 26 heavy (non-hydrogen) atoms. The highest BCUT2D eigenvalue weighted by atomic mass is 16.1. The molecule has 1 atom stereocenters. The van der Waals surface area contributed by atoms with Gasteiger partial charge in [-0.15, -0.1) is 0 Å². The summed E-state index contributed by atoms with van der Waals surface area (Å²) in [4.78, 5) is 12.4. The highest BCUT2D eigenvalue weighted by Gasteiger charge is 2.34. The van der Waals surface area contributed by atoms with Gasteiger partial charge in [0.05, 0.1) is 0 Å². The molecule has 1 amide bonds. The van der Waals surface area contributed by atoms with Crippen molar-refractivity contribution in [3.05, 3.63) is 89.2 Å². The first-order chi connectivity index (χ1) is 12.3. The fourth-order valence-corrected chi connectivity index (χ4v) is 3.33. The first-order valence-electron chi connectivity index (χ1n) is 9.15. The van der Waals surface area contributed by atoms with Crippen LogP contribution in [0.25, 0.3) is 6.08 Å². The molecule has 2 aliphatic rings. The summed E-state index contributed by atoms with van der Waals surface area (Å²) in [5, 5.41) is 3.07. The van der Waals surface area contributed by atoms with Gasteiger partial charge in [0.15, 0.2) is 0 Å². The Hall–Kier alpha value is -2.61.